The van der Waals surface area contributed by atoms with Crippen LogP contribution in [0, 0.1) is 13.8 Å². The highest BCUT2D eigenvalue weighted by Gasteiger charge is 2.34. The first-order valence-corrected chi connectivity index (χ1v) is 26.4. The van der Waals surface area contributed by atoms with Gasteiger partial charge in [-0.2, -0.15) is 0 Å². The fourth-order valence-electron chi connectivity index (χ4n) is 9.43. The normalized spacial score (nSPS) is 22.7. The molecule has 7 heterocycles. The van der Waals surface area contributed by atoms with Crippen LogP contribution < -0.4 is 18.9 Å². The molecule has 19 heteroatoms. The second kappa shape index (κ2) is 22.5. The summed E-state index contributed by atoms with van der Waals surface area (Å²) in [4.78, 5) is 38.7. The molecule has 1 aliphatic carbocycles. The number of thiophene rings is 1. The van der Waals surface area contributed by atoms with E-state index in [1.54, 1.807) is 6.20 Å². The van der Waals surface area contributed by atoms with E-state index in [1.165, 1.54) is 17.7 Å². The van der Waals surface area contributed by atoms with Gasteiger partial charge in [0, 0.05) is 62.4 Å². The third kappa shape index (κ3) is 12.1. The number of carbonyl (C=O) groups excluding carboxylic acids is 1. The smallest absolute Gasteiger partial charge is 0.348 e. The lowest BCUT2D eigenvalue weighted by Gasteiger charge is -2.35. The van der Waals surface area contributed by atoms with Crippen LogP contribution in [-0.4, -0.2) is 139 Å². The van der Waals surface area contributed by atoms with Crippen LogP contribution >= 0.6 is 50.5 Å². The molecule has 376 valence electrons. The lowest BCUT2D eigenvalue weighted by molar-refractivity contribution is -0.163. The molecule has 0 N–H and O–H groups in total. The van der Waals surface area contributed by atoms with Crippen LogP contribution in [0.1, 0.15) is 80.6 Å². The molecule has 5 aliphatic rings. The summed E-state index contributed by atoms with van der Waals surface area (Å²) in [5.74, 6) is 2.06. The highest BCUT2D eigenvalue weighted by Crippen LogP contribution is 2.52. The predicted molar refractivity (Wildman–Crippen MR) is 272 cm³/mol. The molecular weight excluding hydrogens is 1020 g/mol. The van der Waals surface area contributed by atoms with Crippen molar-refractivity contribution in [1.82, 2.24) is 29.7 Å². The predicted octanol–water partition coefficient (Wildman–Crippen LogP) is 9.59. The van der Waals surface area contributed by atoms with E-state index in [4.69, 9.17) is 71.1 Å². The summed E-state index contributed by atoms with van der Waals surface area (Å²) in [6, 6.07) is 7.46. The van der Waals surface area contributed by atoms with Crippen molar-refractivity contribution < 1.29 is 42.7 Å². The lowest BCUT2D eigenvalue weighted by atomic mass is 9.86. The maximum atomic E-state index is 14.4. The molecule has 5 aromatic rings. The molecule has 0 radical (unpaired) electrons. The Morgan fingerprint density at radius 3 is 2.43 bits per heavy atom. The van der Waals surface area contributed by atoms with Gasteiger partial charge in [0.05, 0.1) is 57.4 Å². The zero-order valence-corrected chi connectivity index (χ0v) is 44.5. The van der Waals surface area contributed by atoms with Crippen LogP contribution in [0.3, 0.4) is 0 Å². The maximum absolute atomic E-state index is 14.4. The summed E-state index contributed by atoms with van der Waals surface area (Å²) in [6.07, 6.45) is 5.45. The molecule has 3 fully saturated rings. The number of esters is 1. The van der Waals surface area contributed by atoms with E-state index in [2.05, 4.69) is 42.7 Å². The van der Waals surface area contributed by atoms with E-state index in [0.29, 0.717) is 76.0 Å². The first kappa shape index (κ1) is 51.0. The van der Waals surface area contributed by atoms with Crippen molar-refractivity contribution in [2.45, 2.75) is 109 Å². The van der Waals surface area contributed by atoms with Gasteiger partial charge in [-0.15, -0.1) is 11.3 Å². The van der Waals surface area contributed by atoms with Crippen molar-refractivity contribution in [3.8, 4) is 34.3 Å². The molecule has 0 amide bonds. The molecule has 0 spiro atoms. The molecule has 4 bridgehead atoms. The Kier molecular flexibility index (Phi) is 16.4. The van der Waals surface area contributed by atoms with Gasteiger partial charge in [0.15, 0.2) is 5.75 Å². The van der Waals surface area contributed by atoms with Gasteiger partial charge < -0.3 is 42.8 Å². The Bertz CT molecular complexity index is 2620. The van der Waals surface area contributed by atoms with E-state index < -0.39 is 23.8 Å². The number of aromatic nitrogens is 4. The van der Waals surface area contributed by atoms with Crippen molar-refractivity contribution in [2.75, 3.05) is 72.8 Å². The zero-order chi connectivity index (χ0) is 49.1. The summed E-state index contributed by atoms with van der Waals surface area (Å²) in [6.45, 7) is 16.2. The molecule has 70 heavy (non-hydrogen) atoms. The van der Waals surface area contributed by atoms with E-state index in [0.717, 1.165) is 89.4 Å². The zero-order valence-electron chi connectivity index (χ0n) is 40.6. The average Bonchev–Trinajstić information content (AvgIpc) is 3.68. The Morgan fingerprint density at radius 1 is 0.929 bits per heavy atom. The molecule has 3 aromatic heterocycles. The highest BCUT2D eigenvalue weighted by atomic mass is 79.9. The van der Waals surface area contributed by atoms with E-state index in [-0.39, 0.29) is 43.6 Å². The number of nitrogens with zero attached hydrogens (tertiary/aromatic N) is 6. The van der Waals surface area contributed by atoms with Gasteiger partial charge in [0.2, 0.25) is 12.0 Å². The van der Waals surface area contributed by atoms with Gasteiger partial charge in [-0.1, -0.05) is 23.2 Å². The molecule has 4 aliphatic heterocycles. The number of halogens is 3. The number of hydrogen-bond acceptors (Lipinski definition) is 16. The van der Waals surface area contributed by atoms with Crippen LogP contribution in [0.4, 0.5) is 0 Å². The Morgan fingerprint density at radius 2 is 1.70 bits per heavy atom. The number of carbonyl (C=O) groups is 1. The molecule has 1 saturated carbocycles. The Balaban J connectivity index is 1.04. The number of fused-ring (bicyclic) bond motifs is 7. The van der Waals surface area contributed by atoms with Crippen molar-refractivity contribution in [3.63, 3.8) is 0 Å². The number of ether oxygens (including phenoxy) is 8. The van der Waals surface area contributed by atoms with Crippen LogP contribution in [0.25, 0.3) is 21.3 Å². The number of rotatable bonds is 10. The number of hydrogen-bond donors (Lipinski definition) is 0. The number of piperazine rings is 1. The quantitative estimate of drug-likeness (QED) is 0.122. The van der Waals surface area contributed by atoms with Crippen molar-refractivity contribution in [3.05, 3.63) is 78.8 Å². The molecule has 2 aromatic carbocycles. The monoisotopic (exact) mass is 1080 g/mol. The summed E-state index contributed by atoms with van der Waals surface area (Å²) >= 11 is 19.8. The highest BCUT2D eigenvalue weighted by molar-refractivity contribution is 9.11. The van der Waals surface area contributed by atoms with Gasteiger partial charge in [-0.05, 0) is 124 Å². The summed E-state index contributed by atoms with van der Waals surface area (Å²) in [7, 11) is 2.13. The number of likely N-dealkylation sites (N-methyl/N-ethyl adjacent to an activating group) is 1. The summed E-state index contributed by atoms with van der Waals surface area (Å²) < 4.78 is 51.2. The van der Waals surface area contributed by atoms with Gasteiger partial charge >= 0.3 is 5.97 Å². The topological polar surface area (TPSA) is 149 Å². The second-order valence-electron chi connectivity index (χ2n) is 19.5. The fourth-order valence-corrected chi connectivity index (χ4v) is 11.7. The van der Waals surface area contributed by atoms with Crippen molar-refractivity contribution in [2.24, 2.45) is 0 Å². The first-order valence-electron chi connectivity index (χ1n) is 24.1. The average molecular weight is 1080 g/mol. The number of benzene rings is 2. The minimum absolute atomic E-state index is 0.0103. The van der Waals surface area contributed by atoms with E-state index in [1.807, 2.05) is 58.9 Å². The molecule has 0 unspecified atom stereocenters. The summed E-state index contributed by atoms with van der Waals surface area (Å²) in [5, 5.41) is 1.35. The van der Waals surface area contributed by atoms with Crippen LogP contribution in [-0.2, 0) is 36.8 Å². The molecular formula is C51H61BrCl2N6O9S. The van der Waals surface area contributed by atoms with Crippen molar-refractivity contribution >= 4 is 66.7 Å². The van der Waals surface area contributed by atoms with Crippen LogP contribution in [0.5, 0.6) is 23.1 Å². The second-order valence-corrected chi connectivity index (χ2v) is 22.6. The molecule has 15 nitrogen and oxygen atoms in total. The first-order chi connectivity index (χ1) is 33.7. The molecule has 10 rings (SSSR count). The maximum Gasteiger partial charge on any atom is 0.348 e. The fraction of sp³-hybridized carbons (Fsp3) is 0.549. The van der Waals surface area contributed by atoms with Gasteiger partial charge in [-0.3, -0.25) is 4.90 Å². The minimum Gasteiger partial charge on any atom is -0.490 e. The Labute approximate surface area is 431 Å². The lowest BCUT2D eigenvalue weighted by Crippen LogP contribution is -2.49. The van der Waals surface area contributed by atoms with Crippen molar-refractivity contribution in [1.29, 1.82) is 0 Å². The minimum atomic E-state index is -1.18. The van der Waals surface area contributed by atoms with Crippen LogP contribution in [0.15, 0.2) is 40.6 Å². The third-order valence-electron chi connectivity index (χ3n) is 13.2. The van der Waals surface area contributed by atoms with Gasteiger partial charge in [0.1, 0.15) is 59.5 Å². The Hall–Kier alpha value is -3.91. The largest absolute Gasteiger partial charge is 0.490 e. The van der Waals surface area contributed by atoms with E-state index in [9.17, 15) is 4.79 Å². The summed E-state index contributed by atoms with van der Waals surface area (Å²) in [5.41, 5.74) is 3.56. The SMILES string of the molecule is Cc1c(Cl)c2c(Cl)c(C)c1-c1c(Br)sc3ncnc(c13)O[C@@H](C(=O)OC(C)(C)C)Cc1cc(ccc1OCc1ccnc(C3CCC(OC[C@H]4COCCO4)CC3)n1)OC[C@@H](CN1CCN(C)CC1)O2. The molecule has 2 saturated heterocycles. The third-order valence-corrected chi connectivity index (χ3v) is 15.8. The van der Waals surface area contributed by atoms with E-state index >= 15 is 0 Å². The van der Waals surface area contributed by atoms with Crippen LogP contribution in [0.2, 0.25) is 10.0 Å². The molecule has 3 atom stereocenters. The van der Waals surface area contributed by atoms with Gasteiger partial charge in [0.25, 0.3) is 0 Å². The van der Waals surface area contributed by atoms with Gasteiger partial charge in [-0.25, -0.2) is 24.7 Å². The standard InChI is InChI=1S/C51H61BrCl2N6O9S/c1-29-40-30(2)44(54)45(43(29)53)67-36(23-60-17-15-59(6)16-18-60)26-65-35-11-12-38(66-24-33-13-14-55-47(58-33)31-7-9-34(10-8-31)64-27-37-25-62-19-20-63-37)32(21-35)22-39(50(61)69-51(3,4)5)68-48-42-41(40)46(52)70-49(42)57-28-56-48/h11-14,21,28,31,34,36-37,39H,7-10,15-20,22-27H2,1-6H3/t31?,34?,36-,37-,39-/m1/s1.